The number of methoxy groups -OCH3 is 1. The molecule has 1 aliphatic heterocycles. The Morgan fingerprint density at radius 3 is 1.58 bits per heavy atom. The van der Waals surface area contributed by atoms with Crippen molar-refractivity contribution in [2.24, 2.45) is 16.2 Å². The van der Waals surface area contributed by atoms with Crippen molar-refractivity contribution in [1.82, 2.24) is 0 Å². The lowest BCUT2D eigenvalue weighted by Gasteiger charge is -2.44. The second-order valence-electron chi connectivity index (χ2n) is 10.9. The topological polar surface area (TPSA) is 118 Å². The second-order valence-corrected chi connectivity index (χ2v) is 10.9. The van der Waals surface area contributed by atoms with E-state index in [9.17, 15) is 19.5 Å². The van der Waals surface area contributed by atoms with E-state index < -0.39 is 64.9 Å². The van der Waals surface area contributed by atoms with Gasteiger partial charge in [0, 0.05) is 7.11 Å². The Kier molecular flexibility index (Phi) is 8.67. The average Bonchev–Trinajstić information content (AvgIpc) is 2.60. The zero-order valence-electron chi connectivity index (χ0n) is 20.3. The van der Waals surface area contributed by atoms with E-state index in [0.29, 0.717) is 0 Å². The monoisotopic (exact) mass is 446 g/mol. The normalized spacial score (nSPS) is 27.4. The van der Waals surface area contributed by atoms with E-state index in [-0.39, 0.29) is 6.61 Å². The molecule has 31 heavy (non-hydrogen) atoms. The van der Waals surface area contributed by atoms with Gasteiger partial charge >= 0.3 is 17.9 Å². The van der Waals surface area contributed by atoms with Crippen LogP contribution in [0, 0.1) is 16.2 Å². The van der Waals surface area contributed by atoms with Gasteiger partial charge in [0.2, 0.25) is 0 Å². The Morgan fingerprint density at radius 2 is 1.19 bits per heavy atom. The molecule has 0 saturated carbocycles. The van der Waals surface area contributed by atoms with Crippen LogP contribution in [0.5, 0.6) is 0 Å². The third kappa shape index (κ3) is 7.43. The molecule has 180 valence electrons. The maximum Gasteiger partial charge on any atom is 0.311 e. The average molecular weight is 447 g/mol. The maximum absolute atomic E-state index is 12.6. The molecule has 0 radical (unpaired) electrons. The summed E-state index contributed by atoms with van der Waals surface area (Å²) in [5, 5.41) is 10.7. The Hall–Kier alpha value is -1.71. The summed E-state index contributed by atoms with van der Waals surface area (Å²) in [6, 6.07) is 0. The van der Waals surface area contributed by atoms with Crippen LogP contribution in [0.1, 0.15) is 62.3 Å². The van der Waals surface area contributed by atoms with Gasteiger partial charge in [-0.2, -0.15) is 0 Å². The van der Waals surface area contributed by atoms with Gasteiger partial charge in [-0.05, 0) is 62.3 Å². The summed E-state index contributed by atoms with van der Waals surface area (Å²) in [7, 11) is 1.32. The van der Waals surface area contributed by atoms with Crippen molar-refractivity contribution in [3.05, 3.63) is 0 Å². The summed E-state index contributed by atoms with van der Waals surface area (Å²) in [5.41, 5.74) is -2.49. The van der Waals surface area contributed by atoms with Crippen LogP contribution in [-0.4, -0.2) is 67.4 Å². The molecule has 0 aliphatic carbocycles. The van der Waals surface area contributed by atoms with Gasteiger partial charge in [0.1, 0.15) is 18.8 Å². The molecule has 5 atom stereocenters. The highest BCUT2D eigenvalue weighted by molar-refractivity contribution is 5.77. The van der Waals surface area contributed by atoms with Crippen LogP contribution >= 0.6 is 0 Å². The second kappa shape index (κ2) is 9.83. The number of hydrogen-bond acceptors (Lipinski definition) is 9. The molecule has 0 bridgehead atoms. The summed E-state index contributed by atoms with van der Waals surface area (Å²) in [5.74, 6) is -1.68. The molecule has 9 heteroatoms. The van der Waals surface area contributed by atoms with Crippen LogP contribution < -0.4 is 0 Å². The van der Waals surface area contributed by atoms with Crippen molar-refractivity contribution >= 4 is 17.9 Å². The Labute approximate surface area is 184 Å². The fraction of sp³-hybridized carbons (Fsp3) is 0.864. The highest BCUT2D eigenvalue weighted by atomic mass is 16.7. The zero-order chi connectivity index (χ0) is 24.4. The van der Waals surface area contributed by atoms with E-state index in [1.54, 1.807) is 62.3 Å². The van der Waals surface area contributed by atoms with Gasteiger partial charge in [-0.1, -0.05) is 0 Å². The van der Waals surface area contributed by atoms with E-state index in [4.69, 9.17) is 23.7 Å². The quantitative estimate of drug-likeness (QED) is 0.501. The van der Waals surface area contributed by atoms with Gasteiger partial charge in [-0.15, -0.1) is 0 Å². The lowest BCUT2D eigenvalue weighted by Crippen LogP contribution is -2.62. The van der Waals surface area contributed by atoms with Gasteiger partial charge in [-0.3, -0.25) is 14.4 Å². The molecular weight excluding hydrogens is 408 g/mol. The number of esters is 3. The molecule has 1 aliphatic rings. The van der Waals surface area contributed by atoms with Crippen molar-refractivity contribution in [2.75, 3.05) is 13.7 Å². The molecule has 9 nitrogen and oxygen atoms in total. The van der Waals surface area contributed by atoms with Gasteiger partial charge in [0.25, 0.3) is 0 Å². The highest BCUT2D eigenvalue weighted by Gasteiger charge is 2.52. The molecular formula is C22H38O9. The van der Waals surface area contributed by atoms with Crippen LogP contribution in [-0.2, 0) is 38.1 Å². The van der Waals surface area contributed by atoms with Gasteiger partial charge in [0.05, 0.1) is 16.2 Å². The Balaban J connectivity index is 3.27. The van der Waals surface area contributed by atoms with Crippen molar-refractivity contribution in [1.29, 1.82) is 0 Å². The summed E-state index contributed by atoms with van der Waals surface area (Å²) in [6.07, 6.45) is -6.13. The summed E-state index contributed by atoms with van der Waals surface area (Å²) in [6.45, 7) is 14.8. The van der Waals surface area contributed by atoms with E-state index >= 15 is 0 Å². The Bertz CT molecular complexity index is 651. The predicted octanol–water partition coefficient (Wildman–Crippen LogP) is 2.22. The minimum Gasteiger partial charge on any atom is -0.462 e. The van der Waals surface area contributed by atoms with Crippen LogP contribution in [0.2, 0.25) is 0 Å². The third-order valence-electron chi connectivity index (χ3n) is 4.55. The molecule has 1 saturated heterocycles. The zero-order valence-corrected chi connectivity index (χ0v) is 20.3. The molecule has 0 unspecified atom stereocenters. The standard InChI is InChI=1S/C22H38O9/c1-20(2,3)17(24)28-11-12-14(30-18(25)21(4,5)6)15(13(23)16(27-10)29-12)31-19(26)22(7,8)9/h12-16,23H,11H2,1-10H3/t12-,13+,14-,15-,16+/m1/s1. The number of carbonyl (C=O) groups is 3. The van der Waals surface area contributed by atoms with Crippen LogP contribution in [0.3, 0.4) is 0 Å². The minimum absolute atomic E-state index is 0.283. The van der Waals surface area contributed by atoms with Gasteiger partial charge in [0.15, 0.2) is 18.5 Å². The molecule has 0 amide bonds. The molecule has 1 fully saturated rings. The Morgan fingerprint density at radius 1 is 0.774 bits per heavy atom. The highest BCUT2D eigenvalue weighted by Crippen LogP contribution is 2.31. The number of aliphatic hydroxyl groups is 1. The molecule has 0 spiro atoms. The van der Waals surface area contributed by atoms with Gasteiger partial charge < -0.3 is 28.8 Å². The number of carbonyl (C=O) groups excluding carboxylic acids is 3. The minimum atomic E-state index is -1.43. The third-order valence-corrected chi connectivity index (χ3v) is 4.55. The number of rotatable bonds is 5. The summed E-state index contributed by atoms with van der Waals surface area (Å²) < 4.78 is 27.4. The van der Waals surface area contributed by atoms with E-state index in [2.05, 4.69) is 0 Å². The van der Waals surface area contributed by atoms with E-state index in [1.807, 2.05) is 0 Å². The van der Waals surface area contributed by atoms with Crippen LogP contribution in [0.25, 0.3) is 0 Å². The van der Waals surface area contributed by atoms with Crippen LogP contribution in [0.15, 0.2) is 0 Å². The molecule has 1 N–H and O–H groups in total. The summed E-state index contributed by atoms with van der Waals surface area (Å²) >= 11 is 0. The predicted molar refractivity (Wildman–Crippen MR) is 111 cm³/mol. The first-order chi connectivity index (χ1) is 13.9. The van der Waals surface area contributed by atoms with Crippen molar-refractivity contribution < 1.29 is 43.2 Å². The first kappa shape index (κ1) is 27.3. The molecule has 0 aromatic carbocycles. The lowest BCUT2D eigenvalue weighted by atomic mass is 9.93. The number of hydrogen-bond donors (Lipinski definition) is 1. The summed E-state index contributed by atoms with van der Waals surface area (Å²) in [4.78, 5) is 37.4. The molecule has 0 aromatic rings. The van der Waals surface area contributed by atoms with E-state index in [1.165, 1.54) is 7.11 Å². The molecule has 0 aromatic heterocycles. The fourth-order valence-corrected chi connectivity index (χ4v) is 2.47. The largest absolute Gasteiger partial charge is 0.462 e. The first-order valence-corrected chi connectivity index (χ1v) is 10.3. The van der Waals surface area contributed by atoms with E-state index in [0.717, 1.165) is 0 Å². The first-order valence-electron chi connectivity index (χ1n) is 10.3. The molecule has 1 heterocycles. The lowest BCUT2D eigenvalue weighted by molar-refractivity contribution is -0.302. The SMILES string of the molecule is CO[C@H]1O[C@H](COC(=O)C(C)(C)C)[C@@H](OC(=O)C(C)(C)C)[C@H](OC(=O)C(C)(C)C)[C@@H]1O. The number of ether oxygens (including phenoxy) is 5. The fourth-order valence-electron chi connectivity index (χ4n) is 2.47. The smallest absolute Gasteiger partial charge is 0.311 e. The number of aliphatic hydroxyl groups excluding tert-OH is 1. The van der Waals surface area contributed by atoms with Crippen molar-refractivity contribution in [3.63, 3.8) is 0 Å². The maximum atomic E-state index is 12.6. The molecule has 1 rings (SSSR count). The van der Waals surface area contributed by atoms with Crippen molar-refractivity contribution in [3.8, 4) is 0 Å². The van der Waals surface area contributed by atoms with Crippen LogP contribution in [0.4, 0.5) is 0 Å². The van der Waals surface area contributed by atoms with Gasteiger partial charge in [-0.25, -0.2) is 0 Å². The van der Waals surface area contributed by atoms with Crippen molar-refractivity contribution in [2.45, 2.75) is 93.0 Å².